The molecule has 0 spiro atoms. The number of nitrogens with one attached hydrogen (secondary N) is 2. The molecule has 2 rings (SSSR count). The highest BCUT2D eigenvalue weighted by Crippen LogP contribution is 2.17. The van der Waals surface area contributed by atoms with Gasteiger partial charge in [0.15, 0.2) is 0 Å². The monoisotopic (exact) mass is 362 g/mol. The van der Waals surface area contributed by atoms with E-state index in [9.17, 15) is 13.2 Å². The number of esters is 1. The Morgan fingerprint density at radius 1 is 1.43 bits per heavy atom. The number of benzene rings is 1. The number of aryl methyl sites for hydroxylation is 1. The maximum absolute atomic E-state index is 12.3. The third-order valence-electron chi connectivity index (χ3n) is 3.87. The van der Waals surface area contributed by atoms with Gasteiger partial charge in [-0.2, -0.15) is 0 Å². The Labute approximate surface area is 143 Å². The van der Waals surface area contributed by atoms with E-state index in [1.54, 1.807) is 6.92 Å². The number of piperidine rings is 1. The van der Waals surface area contributed by atoms with Gasteiger partial charge in [-0.05, 0) is 62.5 Å². The maximum atomic E-state index is 12.3. The van der Waals surface area contributed by atoms with E-state index in [-0.39, 0.29) is 17.3 Å². The van der Waals surface area contributed by atoms with Gasteiger partial charge < -0.3 is 10.1 Å². The first kappa shape index (κ1) is 19.9. The minimum Gasteiger partial charge on any atom is -0.465 e. The number of hydrogen-bond acceptors (Lipinski definition) is 5. The van der Waals surface area contributed by atoms with E-state index in [4.69, 9.17) is 0 Å². The van der Waals surface area contributed by atoms with Gasteiger partial charge in [-0.15, -0.1) is 12.4 Å². The molecule has 1 saturated heterocycles. The molecule has 8 heteroatoms. The van der Waals surface area contributed by atoms with Crippen molar-refractivity contribution in [2.75, 3.05) is 26.7 Å². The number of carbonyl (C=O) groups is 1. The molecule has 130 valence electrons. The van der Waals surface area contributed by atoms with Gasteiger partial charge >= 0.3 is 5.97 Å². The Morgan fingerprint density at radius 2 is 2.17 bits per heavy atom. The Bertz CT molecular complexity index is 643. The summed E-state index contributed by atoms with van der Waals surface area (Å²) in [4.78, 5) is 11.7. The van der Waals surface area contributed by atoms with Crippen molar-refractivity contribution in [1.29, 1.82) is 0 Å². The average Bonchev–Trinajstić information content (AvgIpc) is 2.53. The molecule has 1 aromatic rings. The summed E-state index contributed by atoms with van der Waals surface area (Å²) in [5.74, 6) is -0.151. The molecule has 6 nitrogen and oxygen atoms in total. The lowest BCUT2D eigenvalue weighted by molar-refractivity contribution is 0.0600. The fourth-order valence-corrected chi connectivity index (χ4v) is 3.75. The third kappa shape index (κ3) is 5.17. The Kier molecular flexibility index (Phi) is 7.47. The summed E-state index contributed by atoms with van der Waals surface area (Å²) in [5.41, 5.74) is 0.951. The molecule has 1 aliphatic rings. The van der Waals surface area contributed by atoms with Crippen LogP contribution in [0.3, 0.4) is 0 Å². The van der Waals surface area contributed by atoms with Crippen LogP contribution >= 0.6 is 12.4 Å². The van der Waals surface area contributed by atoms with Gasteiger partial charge in [-0.3, -0.25) is 0 Å². The van der Waals surface area contributed by atoms with Crippen molar-refractivity contribution in [3.05, 3.63) is 29.3 Å². The first-order valence-electron chi connectivity index (χ1n) is 7.33. The number of hydrogen-bond donors (Lipinski definition) is 2. The number of sulfonamides is 1. The molecule has 1 unspecified atom stereocenters. The topological polar surface area (TPSA) is 84.5 Å². The summed E-state index contributed by atoms with van der Waals surface area (Å²) >= 11 is 0. The van der Waals surface area contributed by atoms with Gasteiger partial charge in [0.25, 0.3) is 0 Å². The Balaban J connectivity index is 0.00000264. The van der Waals surface area contributed by atoms with Crippen LogP contribution in [0.2, 0.25) is 0 Å². The van der Waals surface area contributed by atoms with Crippen LogP contribution in [0.4, 0.5) is 0 Å². The molecule has 0 radical (unpaired) electrons. The number of carbonyl (C=O) groups excluding carboxylic acids is 1. The van der Waals surface area contributed by atoms with Gasteiger partial charge in [0.1, 0.15) is 0 Å². The highest BCUT2D eigenvalue weighted by atomic mass is 35.5. The Hall–Kier alpha value is -1.15. The van der Waals surface area contributed by atoms with E-state index >= 15 is 0 Å². The zero-order valence-corrected chi connectivity index (χ0v) is 14.9. The second kappa shape index (κ2) is 8.63. The van der Waals surface area contributed by atoms with Crippen LogP contribution in [0.1, 0.15) is 28.8 Å². The smallest absolute Gasteiger partial charge is 0.338 e. The van der Waals surface area contributed by atoms with Crippen molar-refractivity contribution in [3.8, 4) is 0 Å². The van der Waals surface area contributed by atoms with E-state index < -0.39 is 16.0 Å². The highest BCUT2D eigenvalue weighted by Gasteiger charge is 2.20. The largest absolute Gasteiger partial charge is 0.465 e. The molecule has 1 aromatic carbocycles. The van der Waals surface area contributed by atoms with Gasteiger partial charge in [0, 0.05) is 6.54 Å². The molecule has 1 atom stereocenters. The quantitative estimate of drug-likeness (QED) is 0.775. The van der Waals surface area contributed by atoms with Crippen molar-refractivity contribution < 1.29 is 17.9 Å². The molecule has 0 aliphatic carbocycles. The third-order valence-corrected chi connectivity index (χ3v) is 5.30. The molecular formula is C15H23ClN2O4S. The second-order valence-corrected chi connectivity index (χ2v) is 7.30. The molecule has 0 amide bonds. The zero-order valence-electron chi connectivity index (χ0n) is 13.3. The number of rotatable bonds is 5. The van der Waals surface area contributed by atoms with Crippen molar-refractivity contribution in [3.63, 3.8) is 0 Å². The van der Waals surface area contributed by atoms with Crippen LogP contribution in [0, 0.1) is 12.8 Å². The molecule has 1 heterocycles. The van der Waals surface area contributed by atoms with Crippen molar-refractivity contribution in [2.24, 2.45) is 5.92 Å². The molecular weight excluding hydrogens is 340 g/mol. The summed E-state index contributed by atoms with van der Waals surface area (Å²) in [6, 6.07) is 4.41. The number of halogens is 1. The van der Waals surface area contributed by atoms with Crippen LogP contribution < -0.4 is 10.0 Å². The lowest BCUT2D eigenvalue weighted by Crippen LogP contribution is -2.38. The number of ether oxygens (including phenoxy) is 1. The maximum Gasteiger partial charge on any atom is 0.338 e. The van der Waals surface area contributed by atoms with Crippen LogP contribution in [-0.2, 0) is 14.8 Å². The van der Waals surface area contributed by atoms with Crippen LogP contribution in [0.25, 0.3) is 0 Å². The molecule has 0 aromatic heterocycles. The summed E-state index contributed by atoms with van der Waals surface area (Å²) in [5, 5.41) is 3.26. The standard InChI is InChI=1S/C15H22N2O4S.ClH/c1-11-8-13(5-6-14(11)15(18)21-2)22(19,20)17-10-12-4-3-7-16-9-12;/h5-6,8,12,16-17H,3-4,7,9-10H2,1-2H3;1H. The van der Waals surface area contributed by atoms with Crippen molar-refractivity contribution >= 4 is 28.4 Å². The summed E-state index contributed by atoms with van der Waals surface area (Å²) in [6.07, 6.45) is 2.09. The van der Waals surface area contributed by atoms with E-state index in [1.807, 2.05) is 0 Å². The fourth-order valence-electron chi connectivity index (χ4n) is 2.55. The van der Waals surface area contributed by atoms with Crippen molar-refractivity contribution in [1.82, 2.24) is 10.0 Å². The predicted octanol–water partition coefficient (Wildman–Crippen LogP) is 1.48. The van der Waals surface area contributed by atoms with E-state index in [0.29, 0.717) is 23.6 Å². The average molecular weight is 363 g/mol. The summed E-state index contributed by atoms with van der Waals surface area (Å²) in [6.45, 7) is 3.95. The molecule has 0 bridgehead atoms. The predicted molar refractivity (Wildman–Crippen MR) is 90.5 cm³/mol. The summed E-state index contributed by atoms with van der Waals surface area (Å²) < 4.78 is 32.0. The molecule has 1 aliphatic heterocycles. The highest BCUT2D eigenvalue weighted by molar-refractivity contribution is 7.89. The molecule has 0 saturated carbocycles. The van der Waals surface area contributed by atoms with Gasteiger partial charge in [-0.25, -0.2) is 17.9 Å². The van der Waals surface area contributed by atoms with E-state index in [0.717, 1.165) is 25.9 Å². The first-order valence-corrected chi connectivity index (χ1v) is 8.81. The zero-order chi connectivity index (χ0) is 16.2. The lowest BCUT2D eigenvalue weighted by atomic mass is 10.0. The lowest BCUT2D eigenvalue weighted by Gasteiger charge is -2.22. The first-order chi connectivity index (χ1) is 10.4. The fraction of sp³-hybridized carbons (Fsp3) is 0.533. The molecule has 23 heavy (non-hydrogen) atoms. The van der Waals surface area contributed by atoms with Gasteiger partial charge in [-0.1, -0.05) is 0 Å². The van der Waals surface area contributed by atoms with Crippen LogP contribution in [-0.4, -0.2) is 41.1 Å². The van der Waals surface area contributed by atoms with Crippen LogP contribution in [0.5, 0.6) is 0 Å². The van der Waals surface area contributed by atoms with Crippen LogP contribution in [0.15, 0.2) is 23.1 Å². The Morgan fingerprint density at radius 3 is 2.74 bits per heavy atom. The second-order valence-electron chi connectivity index (χ2n) is 5.53. The van der Waals surface area contributed by atoms with Crippen molar-refractivity contribution in [2.45, 2.75) is 24.7 Å². The minimum absolute atomic E-state index is 0. The van der Waals surface area contributed by atoms with Gasteiger partial charge in [0.05, 0.1) is 17.6 Å². The summed E-state index contributed by atoms with van der Waals surface area (Å²) in [7, 11) is -2.26. The molecule has 1 fully saturated rings. The van der Waals surface area contributed by atoms with Gasteiger partial charge in [0.2, 0.25) is 10.0 Å². The minimum atomic E-state index is -3.56. The SMILES string of the molecule is COC(=O)c1ccc(S(=O)(=O)NCC2CCCNC2)cc1C.Cl. The van der Waals surface area contributed by atoms with E-state index in [2.05, 4.69) is 14.8 Å². The normalized spacial score (nSPS) is 18.1. The molecule has 2 N–H and O–H groups in total. The van der Waals surface area contributed by atoms with E-state index in [1.165, 1.54) is 25.3 Å². The number of methoxy groups -OCH3 is 1.